The number of H-pyrrole nitrogens is 1. The highest BCUT2D eigenvalue weighted by Crippen LogP contribution is 2.30. The number of alkyl halides is 3. The number of halogens is 3. The third-order valence-electron chi connectivity index (χ3n) is 5.57. The average Bonchev–Trinajstić information content (AvgIpc) is 3.13. The fourth-order valence-electron chi connectivity index (χ4n) is 3.65. The van der Waals surface area contributed by atoms with Crippen LogP contribution in [0.4, 0.5) is 23.8 Å². The monoisotopic (exact) mass is 508 g/mol. The molecule has 3 aromatic rings. The van der Waals surface area contributed by atoms with Crippen LogP contribution in [0.1, 0.15) is 31.0 Å². The first-order valence-electron chi connectivity index (χ1n) is 10.8. The van der Waals surface area contributed by atoms with Crippen LogP contribution in [0.5, 0.6) is 11.6 Å². The van der Waals surface area contributed by atoms with Crippen LogP contribution in [-0.2, 0) is 6.18 Å². The molecular formula is C22H23F3N6O3S. The van der Waals surface area contributed by atoms with Crippen LogP contribution in [0.3, 0.4) is 0 Å². The zero-order valence-electron chi connectivity index (χ0n) is 18.9. The molecule has 0 spiro atoms. The van der Waals surface area contributed by atoms with Gasteiger partial charge in [0, 0.05) is 32.4 Å². The van der Waals surface area contributed by atoms with E-state index in [1.54, 1.807) is 17.0 Å². The Bertz CT molecular complexity index is 1250. The summed E-state index contributed by atoms with van der Waals surface area (Å²) in [6.45, 7) is 5.26. The molecule has 3 aromatic heterocycles. The summed E-state index contributed by atoms with van der Waals surface area (Å²) in [5, 5.41) is 10.4. The summed E-state index contributed by atoms with van der Waals surface area (Å²) in [4.78, 5) is 27.0. The van der Waals surface area contributed by atoms with Gasteiger partial charge in [-0.15, -0.1) is 0 Å². The van der Waals surface area contributed by atoms with E-state index in [9.17, 15) is 23.1 Å². The highest BCUT2D eigenvalue weighted by Gasteiger charge is 2.31. The third kappa shape index (κ3) is 5.24. The number of rotatable bonds is 4. The number of hydrogen-bond donors (Lipinski definition) is 2. The van der Waals surface area contributed by atoms with Gasteiger partial charge in [-0.2, -0.15) is 13.2 Å². The van der Waals surface area contributed by atoms with E-state index in [0.29, 0.717) is 48.3 Å². The predicted molar refractivity (Wildman–Crippen MR) is 124 cm³/mol. The minimum absolute atomic E-state index is 0.0253. The highest BCUT2D eigenvalue weighted by atomic mass is 32.1. The lowest BCUT2D eigenvalue weighted by molar-refractivity contribution is -0.137. The summed E-state index contributed by atoms with van der Waals surface area (Å²) in [7, 11) is 0. The fourth-order valence-corrected chi connectivity index (χ4v) is 3.94. The van der Waals surface area contributed by atoms with Gasteiger partial charge in [0.05, 0.1) is 17.5 Å². The molecule has 1 aliphatic rings. The molecule has 1 aliphatic heterocycles. The molecule has 1 fully saturated rings. The Morgan fingerprint density at radius 1 is 1.09 bits per heavy atom. The number of carbonyl (C=O) groups is 1. The maximum atomic E-state index is 12.7. The zero-order chi connectivity index (χ0) is 25.3. The number of pyridine rings is 2. The third-order valence-corrected chi connectivity index (χ3v) is 5.85. The maximum Gasteiger partial charge on any atom is 0.417 e. The quantitative estimate of drug-likeness (QED) is 0.501. The molecule has 0 saturated carbocycles. The van der Waals surface area contributed by atoms with Crippen LogP contribution in [0.25, 0.3) is 5.82 Å². The van der Waals surface area contributed by atoms with E-state index in [1.165, 1.54) is 21.7 Å². The van der Waals surface area contributed by atoms with Crippen molar-refractivity contribution in [3.63, 3.8) is 0 Å². The van der Waals surface area contributed by atoms with E-state index < -0.39 is 17.8 Å². The number of aromatic hydroxyl groups is 1. The molecule has 1 saturated heterocycles. The number of nitrogens with one attached hydrogen (secondary N) is 1. The molecule has 4 rings (SSSR count). The van der Waals surface area contributed by atoms with Crippen LogP contribution in [0.15, 0.2) is 36.7 Å². The molecule has 4 heterocycles. The fraction of sp³-hybridized carbons (Fsp3) is 0.364. The van der Waals surface area contributed by atoms with Crippen molar-refractivity contribution in [3.8, 4) is 17.4 Å². The molecule has 9 nitrogen and oxygen atoms in total. The van der Waals surface area contributed by atoms with Gasteiger partial charge in [0.1, 0.15) is 11.6 Å². The first-order valence-corrected chi connectivity index (χ1v) is 11.2. The van der Waals surface area contributed by atoms with Gasteiger partial charge < -0.3 is 24.6 Å². The van der Waals surface area contributed by atoms with Gasteiger partial charge in [0.25, 0.3) is 0 Å². The second-order valence-electron chi connectivity index (χ2n) is 8.25. The van der Waals surface area contributed by atoms with E-state index in [-0.39, 0.29) is 17.5 Å². The maximum absolute atomic E-state index is 12.7. The first-order chi connectivity index (χ1) is 16.5. The van der Waals surface area contributed by atoms with E-state index in [0.717, 1.165) is 12.3 Å². The van der Waals surface area contributed by atoms with Crippen LogP contribution in [0, 0.1) is 4.77 Å². The lowest BCUT2D eigenvalue weighted by atomic mass is 10.1. The van der Waals surface area contributed by atoms with Gasteiger partial charge >= 0.3 is 12.3 Å². The minimum Gasteiger partial charge on any atom is -0.493 e. The molecule has 0 radical (unpaired) electrons. The molecule has 13 heteroatoms. The van der Waals surface area contributed by atoms with Crippen molar-refractivity contribution in [1.29, 1.82) is 0 Å². The average molecular weight is 509 g/mol. The molecule has 0 aliphatic carbocycles. The second kappa shape index (κ2) is 9.56. The normalized spacial score (nSPS) is 14.5. The molecular weight excluding hydrogens is 485 g/mol. The summed E-state index contributed by atoms with van der Waals surface area (Å²) in [5.41, 5.74) is -0.213. The lowest BCUT2D eigenvalue weighted by Crippen LogP contribution is -2.49. The standard InChI is InChI=1S/C22H23F3N6O3S/c1-13(2)18-19(32)31(20(35)28-18)17-6-4-15(12-27-17)34-21(33)30-9-7-29(8-10-30)16-5-3-14(11-26-16)22(23,24)25/h3-6,11-13,32H,7-10H2,1-2H3,(H,28,35). The van der Waals surface area contributed by atoms with E-state index in [4.69, 9.17) is 17.0 Å². The summed E-state index contributed by atoms with van der Waals surface area (Å²) >= 11 is 5.27. The second-order valence-corrected chi connectivity index (χ2v) is 8.64. The molecule has 0 atom stereocenters. The van der Waals surface area contributed by atoms with Gasteiger partial charge in [-0.1, -0.05) is 13.8 Å². The minimum atomic E-state index is -4.44. The van der Waals surface area contributed by atoms with Crippen molar-refractivity contribution in [2.75, 3.05) is 31.1 Å². The Kier molecular flexibility index (Phi) is 6.70. The Balaban J connectivity index is 1.35. The van der Waals surface area contributed by atoms with Gasteiger partial charge in [0.2, 0.25) is 5.88 Å². The Hall–Kier alpha value is -3.61. The van der Waals surface area contributed by atoms with Crippen molar-refractivity contribution >= 4 is 24.1 Å². The Morgan fingerprint density at radius 2 is 1.74 bits per heavy atom. The number of aromatic nitrogens is 4. The van der Waals surface area contributed by atoms with Crippen molar-refractivity contribution in [2.24, 2.45) is 0 Å². The van der Waals surface area contributed by atoms with Crippen LogP contribution < -0.4 is 9.64 Å². The molecule has 0 aromatic carbocycles. The van der Waals surface area contributed by atoms with Gasteiger partial charge in [-0.25, -0.2) is 19.3 Å². The number of piperazine rings is 1. The number of carbonyl (C=O) groups excluding carboxylic acids is 1. The van der Waals surface area contributed by atoms with E-state index in [2.05, 4.69) is 15.0 Å². The number of ether oxygens (including phenoxy) is 1. The Morgan fingerprint density at radius 3 is 2.26 bits per heavy atom. The number of nitrogens with zero attached hydrogens (tertiary/aromatic N) is 5. The molecule has 1 amide bonds. The number of anilines is 1. The molecule has 0 unspecified atom stereocenters. The van der Waals surface area contributed by atoms with Crippen molar-refractivity contribution in [2.45, 2.75) is 25.9 Å². The van der Waals surface area contributed by atoms with E-state index in [1.807, 2.05) is 13.8 Å². The topological polar surface area (TPSA) is 99.5 Å². The van der Waals surface area contributed by atoms with Crippen LogP contribution in [-0.4, -0.2) is 61.8 Å². The predicted octanol–water partition coefficient (Wildman–Crippen LogP) is 4.49. The lowest BCUT2D eigenvalue weighted by Gasteiger charge is -2.34. The van der Waals surface area contributed by atoms with Crippen LogP contribution in [0.2, 0.25) is 0 Å². The molecule has 0 bridgehead atoms. The number of hydrogen-bond acceptors (Lipinski definition) is 7. The van der Waals surface area contributed by atoms with Gasteiger partial charge in [0.15, 0.2) is 10.5 Å². The number of imidazole rings is 1. The summed E-state index contributed by atoms with van der Waals surface area (Å²) < 4.78 is 45.3. The largest absolute Gasteiger partial charge is 0.493 e. The van der Waals surface area contributed by atoms with Crippen LogP contribution >= 0.6 is 12.2 Å². The molecule has 35 heavy (non-hydrogen) atoms. The van der Waals surface area contributed by atoms with Crippen molar-refractivity contribution < 1.29 is 27.8 Å². The SMILES string of the molecule is CC(C)c1[nH]c(=S)n(-c2ccc(OC(=O)N3CCN(c4ccc(C(F)(F)F)cn4)CC3)cn2)c1O. The molecule has 2 N–H and O–H groups in total. The van der Waals surface area contributed by atoms with Gasteiger partial charge in [-0.05, 0) is 42.4 Å². The smallest absolute Gasteiger partial charge is 0.417 e. The Labute approximate surface area is 203 Å². The molecule has 186 valence electrons. The summed E-state index contributed by atoms with van der Waals surface area (Å²) in [6.07, 6.45) is -2.84. The van der Waals surface area contributed by atoms with Gasteiger partial charge in [-0.3, -0.25) is 0 Å². The first kappa shape index (κ1) is 24.5. The summed E-state index contributed by atoms with van der Waals surface area (Å²) in [5.74, 6) is 1.01. The number of amides is 1. The highest BCUT2D eigenvalue weighted by molar-refractivity contribution is 7.71. The summed E-state index contributed by atoms with van der Waals surface area (Å²) in [6, 6.07) is 5.43. The van der Waals surface area contributed by atoms with E-state index >= 15 is 0 Å². The van der Waals surface area contributed by atoms with Crippen molar-refractivity contribution in [3.05, 3.63) is 52.7 Å². The number of aromatic amines is 1. The van der Waals surface area contributed by atoms with Crippen molar-refractivity contribution in [1.82, 2.24) is 24.4 Å². The zero-order valence-corrected chi connectivity index (χ0v) is 19.7.